The van der Waals surface area contributed by atoms with E-state index in [0.717, 1.165) is 102 Å². The monoisotopic (exact) mass is 1560 g/mol. The van der Waals surface area contributed by atoms with Crippen molar-refractivity contribution in [2.45, 2.75) is 490 Å². The minimum absolute atomic E-state index is 0.108. The maximum atomic E-state index is 13.2. The zero-order valence-corrected chi connectivity index (χ0v) is 72.2. The Bertz CT molecular complexity index is 2050. The van der Waals surface area contributed by atoms with Gasteiger partial charge in [0.05, 0.1) is 26.4 Å². The second kappa shape index (κ2) is 79.3. The summed E-state index contributed by atoms with van der Waals surface area (Å²) >= 11 is 0. The molecular weight excluding hydrogens is 1390 g/mol. The van der Waals surface area contributed by atoms with Crippen LogP contribution in [0.1, 0.15) is 472 Å². The molecule has 0 saturated carbocycles. The van der Waals surface area contributed by atoms with Gasteiger partial charge in [0, 0.05) is 25.7 Å². The average Bonchev–Trinajstić information content (AvgIpc) is 0.913. The van der Waals surface area contributed by atoms with Crippen LogP contribution in [0.3, 0.4) is 0 Å². The van der Waals surface area contributed by atoms with Gasteiger partial charge < -0.3 is 33.8 Å². The molecule has 0 rings (SSSR count). The number of ether oxygens (including phenoxy) is 4. The van der Waals surface area contributed by atoms with Crippen molar-refractivity contribution in [3.63, 3.8) is 0 Å². The summed E-state index contributed by atoms with van der Waals surface area (Å²) in [5.41, 5.74) is 0. The first-order valence-corrected chi connectivity index (χ1v) is 48.5. The van der Waals surface area contributed by atoms with E-state index in [0.29, 0.717) is 25.7 Å². The lowest BCUT2D eigenvalue weighted by Crippen LogP contribution is -2.30. The van der Waals surface area contributed by atoms with E-state index >= 15 is 0 Å². The third-order valence-corrected chi connectivity index (χ3v) is 22.6. The Labute approximate surface area is 658 Å². The van der Waals surface area contributed by atoms with Gasteiger partial charge in [-0.3, -0.25) is 37.3 Å². The lowest BCUT2D eigenvalue weighted by atomic mass is 10.0. The number of hydrogen-bond acceptors (Lipinski definition) is 15. The number of hydrogen-bond donors (Lipinski definition) is 3. The van der Waals surface area contributed by atoms with E-state index in [1.54, 1.807) is 0 Å². The summed E-state index contributed by atoms with van der Waals surface area (Å²) in [6.07, 6.45) is 72.3. The molecule has 0 aliphatic rings. The van der Waals surface area contributed by atoms with Crippen molar-refractivity contribution < 1.29 is 80.2 Å². The molecule has 0 aromatic heterocycles. The van der Waals surface area contributed by atoms with Gasteiger partial charge in [0.25, 0.3) is 0 Å². The highest BCUT2D eigenvalue weighted by Crippen LogP contribution is 2.45. The molecule has 5 atom stereocenters. The summed E-state index contributed by atoms with van der Waals surface area (Å²) in [5, 5.41) is 10.7. The summed E-state index contributed by atoms with van der Waals surface area (Å²) in [6.45, 7) is 9.68. The minimum atomic E-state index is -4.97. The molecule has 0 bridgehead atoms. The maximum Gasteiger partial charge on any atom is 0.472 e. The molecule has 3 N–H and O–H groups in total. The van der Waals surface area contributed by atoms with Crippen LogP contribution in [0.25, 0.3) is 0 Å². The Morgan fingerprint density at radius 1 is 0.252 bits per heavy atom. The summed E-state index contributed by atoms with van der Waals surface area (Å²) in [6, 6.07) is 0. The number of carbonyl (C=O) groups is 4. The molecule has 19 heteroatoms. The molecule has 0 aromatic carbocycles. The van der Waals surface area contributed by atoms with E-state index in [9.17, 15) is 43.2 Å². The van der Waals surface area contributed by atoms with Gasteiger partial charge in [-0.1, -0.05) is 420 Å². The van der Waals surface area contributed by atoms with Crippen molar-refractivity contribution in [3.8, 4) is 0 Å². The van der Waals surface area contributed by atoms with E-state index in [4.69, 9.17) is 37.0 Å². The van der Waals surface area contributed by atoms with E-state index < -0.39 is 97.5 Å². The van der Waals surface area contributed by atoms with Gasteiger partial charge in [0.15, 0.2) is 12.2 Å². The summed E-state index contributed by atoms with van der Waals surface area (Å²) in [7, 11) is -9.93. The molecular formula is C88H172O17P2. The zero-order chi connectivity index (χ0) is 78.5. The number of phosphoric ester groups is 2. The van der Waals surface area contributed by atoms with Crippen LogP contribution in [0.2, 0.25) is 0 Å². The average molecular weight is 1560 g/mol. The number of phosphoric acid groups is 2. The highest BCUT2D eigenvalue weighted by molar-refractivity contribution is 7.47. The van der Waals surface area contributed by atoms with Crippen molar-refractivity contribution in [3.05, 3.63) is 0 Å². The number of aliphatic hydroxyl groups is 1. The Hall–Kier alpha value is -1.94. The molecule has 0 spiro atoms. The van der Waals surface area contributed by atoms with E-state index in [-0.39, 0.29) is 25.7 Å². The first-order chi connectivity index (χ1) is 51.9. The lowest BCUT2D eigenvalue weighted by molar-refractivity contribution is -0.161. The lowest BCUT2D eigenvalue weighted by Gasteiger charge is -2.21. The second-order valence-corrected chi connectivity index (χ2v) is 35.5. The van der Waals surface area contributed by atoms with Crippen LogP contribution in [0, 0.1) is 11.8 Å². The molecule has 0 heterocycles. The molecule has 17 nitrogen and oxygen atoms in total. The maximum absolute atomic E-state index is 13.2. The van der Waals surface area contributed by atoms with Crippen molar-refractivity contribution in [1.29, 1.82) is 0 Å². The van der Waals surface area contributed by atoms with Gasteiger partial charge in [0.2, 0.25) is 0 Å². The Morgan fingerprint density at radius 2 is 0.430 bits per heavy atom. The third kappa shape index (κ3) is 81.9. The fraction of sp³-hybridized carbons (Fsp3) is 0.955. The predicted molar refractivity (Wildman–Crippen MR) is 442 cm³/mol. The highest BCUT2D eigenvalue weighted by Gasteiger charge is 2.30. The van der Waals surface area contributed by atoms with Gasteiger partial charge in [0.1, 0.15) is 19.3 Å². The fourth-order valence-electron chi connectivity index (χ4n) is 13.8. The molecule has 0 saturated heterocycles. The largest absolute Gasteiger partial charge is 0.472 e. The zero-order valence-electron chi connectivity index (χ0n) is 70.5. The Kier molecular flexibility index (Phi) is 77.9. The van der Waals surface area contributed by atoms with Gasteiger partial charge in [-0.05, 0) is 37.5 Å². The number of aliphatic hydroxyl groups excluding tert-OH is 1. The van der Waals surface area contributed by atoms with E-state index in [1.165, 1.54) is 289 Å². The van der Waals surface area contributed by atoms with Gasteiger partial charge in [-0.15, -0.1) is 0 Å². The van der Waals surface area contributed by atoms with Gasteiger partial charge >= 0.3 is 39.5 Å². The number of carbonyl (C=O) groups excluding carboxylic acids is 4. The normalized spacial score (nSPS) is 13.8. The first kappa shape index (κ1) is 105. The molecule has 0 fully saturated rings. The van der Waals surface area contributed by atoms with Crippen molar-refractivity contribution in [2.24, 2.45) is 11.8 Å². The van der Waals surface area contributed by atoms with Gasteiger partial charge in [-0.25, -0.2) is 9.13 Å². The highest BCUT2D eigenvalue weighted by atomic mass is 31.2. The molecule has 2 unspecified atom stereocenters. The van der Waals surface area contributed by atoms with Crippen LogP contribution in [-0.4, -0.2) is 96.7 Å². The number of esters is 4. The fourth-order valence-corrected chi connectivity index (χ4v) is 15.4. The van der Waals surface area contributed by atoms with E-state index in [2.05, 4.69) is 41.5 Å². The smallest absolute Gasteiger partial charge is 0.462 e. The predicted octanol–water partition coefficient (Wildman–Crippen LogP) is 27.0. The minimum Gasteiger partial charge on any atom is -0.462 e. The summed E-state index contributed by atoms with van der Waals surface area (Å²) < 4.78 is 69.0. The molecule has 636 valence electrons. The SMILES string of the molecule is CCCCCCCCCCCCCCCCCCCCCCCC(=O)O[C@H](COC(=O)CCCCCCCCCCCCCCCCCCC(C)C)COP(=O)(O)OC[C@@H](O)COP(=O)(O)OC[C@@H](COC(=O)CCCCCCCCCCC(C)C)OC(=O)CCCCCCCCCCCCCCCCCC. The molecule has 0 aliphatic carbocycles. The molecule has 0 amide bonds. The first-order valence-electron chi connectivity index (χ1n) is 45.5. The van der Waals surface area contributed by atoms with Gasteiger partial charge in [-0.2, -0.15) is 0 Å². The Morgan fingerprint density at radius 3 is 0.636 bits per heavy atom. The standard InChI is InChI=1S/C88H172O17P2/c1-7-9-11-13-15-17-19-21-23-25-26-27-28-29-35-39-43-47-55-61-67-73-87(92)104-83(76-98-85(90)70-64-58-52-45-41-37-34-31-30-32-36-40-44-50-56-62-68-80(3)4)78-102-106(94,95)100-74-82(89)75-101-107(96,97)103-79-84(77-99-86(91)71-65-59-53-49-48-51-57-63-69-81(5)6)105-88(93)72-66-60-54-46-42-38-33-24-22-20-18-16-14-12-10-8-2/h80-84,89H,7-79H2,1-6H3,(H,94,95)(H,96,97)/t82-,83-,84-/m1/s1. The van der Waals surface area contributed by atoms with Crippen LogP contribution < -0.4 is 0 Å². The molecule has 107 heavy (non-hydrogen) atoms. The third-order valence-electron chi connectivity index (χ3n) is 20.7. The number of rotatable bonds is 87. The van der Waals surface area contributed by atoms with Crippen LogP contribution in [0.5, 0.6) is 0 Å². The Balaban J connectivity index is 5.24. The molecule has 0 aliphatic heterocycles. The molecule has 0 radical (unpaired) electrons. The summed E-state index contributed by atoms with van der Waals surface area (Å²) in [5.74, 6) is -0.561. The van der Waals surface area contributed by atoms with Crippen molar-refractivity contribution >= 4 is 39.5 Å². The van der Waals surface area contributed by atoms with Crippen LogP contribution in [-0.2, 0) is 65.4 Å². The van der Waals surface area contributed by atoms with Crippen molar-refractivity contribution in [1.82, 2.24) is 0 Å². The quantitative estimate of drug-likeness (QED) is 0.0222. The number of unbranched alkanes of at least 4 members (excludes halogenated alkanes) is 57. The topological polar surface area (TPSA) is 237 Å². The van der Waals surface area contributed by atoms with Crippen molar-refractivity contribution in [2.75, 3.05) is 39.6 Å². The summed E-state index contributed by atoms with van der Waals surface area (Å²) in [4.78, 5) is 73.3. The van der Waals surface area contributed by atoms with Crippen LogP contribution in [0.15, 0.2) is 0 Å². The van der Waals surface area contributed by atoms with Crippen LogP contribution >= 0.6 is 15.6 Å². The molecule has 0 aromatic rings. The second-order valence-electron chi connectivity index (χ2n) is 32.6. The van der Waals surface area contributed by atoms with E-state index in [1.807, 2.05) is 0 Å². The van der Waals surface area contributed by atoms with Crippen LogP contribution in [0.4, 0.5) is 0 Å².